The van der Waals surface area contributed by atoms with Crippen LogP contribution in [0.4, 0.5) is 0 Å². The van der Waals surface area contributed by atoms with E-state index < -0.39 is 5.97 Å². The smallest absolute Gasteiger partial charge is 0.303 e. The summed E-state index contributed by atoms with van der Waals surface area (Å²) in [6, 6.07) is 3.89. The lowest BCUT2D eigenvalue weighted by Gasteiger charge is -2.27. The Morgan fingerprint density at radius 1 is 1.43 bits per heavy atom. The SMILES string of the molecule is CC(C)(C)n1nc(-c2cccnc2)c2c1CCCC2CC(=O)O. The van der Waals surface area contributed by atoms with Gasteiger partial charge < -0.3 is 5.11 Å². The summed E-state index contributed by atoms with van der Waals surface area (Å²) in [6.45, 7) is 6.40. The van der Waals surface area contributed by atoms with Gasteiger partial charge in [-0.25, -0.2) is 0 Å². The van der Waals surface area contributed by atoms with Gasteiger partial charge in [0.15, 0.2) is 0 Å². The summed E-state index contributed by atoms with van der Waals surface area (Å²) >= 11 is 0. The van der Waals surface area contributed by atoms with Crippen molar-refractivity contribution in [1.29, 1.82) is 0 Å². The van der Waals surface area contributed by atoms with Crippen LogP contribution in [-0.4, -0.2) is 25.8 Å². The van der Waals surface area contributed by atoms with Crippen molar-refractivity contribution in [2.45, 2.75) is 57.9 Å². The van der Waals surface area contributed by atoms with Crippen molar-refractivity contribution < 1.29 is 9.90 Å². The van der Waals surface area contributed by atoms with Crippen molar-refractivity contribution in [3.63, 3.8) is 0 Å². The molecule has 1 N–H and O–H groups in total. The zero-order chi connectivity index (χ0) is 16.6. The zero-order valence-corrected chi connectivity index (χ0v) is 13.9. The van der Waals surface area contributed by atoms with E-state index in [4.69, 9.17) is 5.10 Å². The molecule has 0 saturated heterocycles. The van der Waals surface area contributed by atoms with Crippen molar-refractivity contribution in [2.24, 2.45) is 0 Å². The Kier molecular flexibility index (Phi) is 3.96. The fraction of sp³-hybridized carbons (Fsp3) is 0.500. The van der Waals surface area contributed by atoms with E-state index in [1.165, 1.54) is 5.69 Å². The fourth-order valence-electron chi connectivity index (χ4n) is 3.48. The number of carboxylic acid groups (broad SMARTS) is 1. The normalized spacial score (nSPS) is 17.8. The molecule has 2 aromatic heterocycles. The molecule has 0 bridgehead atoms. The number of carboxylic acids is 1. The summed E-state index contributed by atoms with van der Waals surface area (Å²) in [6.07, 6.45) is 6.58. The van der Waals surface area contributed by atoms with E-state index in [9.17, 15) is 9.90 Å². The maximum absolute atomic E-state index is 11.3. The highest BCUT2D eigenvalue weighted by atomic mass is 16.4. The van der Waals surface area contributed by atoms with E-state index in [0.29, 0.717) is 0 Å². The molecule has 1 aliphatic rings. The number of aliphatic carboxylic acids is 1. The lowest BCUT2D eigenvalue weighted by atomic mass is 9.82. The first-order valence-electron chi connectivity index (χ1n) is 8.12. The van der Waals surface area contributed by atoms with Crippen LogP contribution < -0.4 is 0 Å². The van der Waals surface area contributed by atoms with Gasteiger partial charge in [0.05, 0.1) is 17.7 Å². The number of hydrogen-bond donors (Lipinski definition) is 1. The summed E-state index contributed by atoms with van der Waals surface area (Å²) in [5.74, 6) is -0.717. The first-order chi connectivity index (χ1) is 10.9. The van der Waals surface area contributed by atoms with Crippen LogP contribution in [0.3, 0.4) is 0 Å². The molecule has 0 aromatic carbocycles. The molecule has 1 atom stereocenters. The summed E-state index contributed by atoms with van der Waals surface area (Å²) in [5.41, 5.74) is 4.03. The number of rotatable bonds is 3. The highest BCUT2D eigenvalue weighted by Crippen LogP contribution is 2.41. The molecular weight excluding hydrogens is 290 g/mol. The van der Waals surface area contributed by atoms with Gasteiger partial charge in [-0.2, -0.15) is 5.10 Å². The topological polar surface area (TPSA) is 68.0 Å². The van der Waals surface area contributed by atoms with Crippen molar-refractivity contribution in [1.82, 2.24) is 14.8 Å². The van der Waals surface area contributed by atoms with Gasteiger partial charge in [-0.3, -0.25) is 14.5 Å². The minimum absolute atomic E-state index is 0.0301. The van der Waals surface area contributed by atoms with Crippen molar-refractivity contribution >= 4 is 5.97 Å². The standard InChI is InChI=1S/C18H23N3O2/c1-18(2,3)21-14-8-4-6-12(10-15(22)23)16(14)17(20-21)13-7-5-9-19-11-13/h5,7,9,11-12H,4,6,8,10H2,1-3H3,(H,22,23). The molecule has 0 spiro atoms. The van der Waals surface area contributed by atoms with Crippen molar-refractivity contribution in [3.8, 4) is 11.3 Å². The molecule has 0 saturated carbocycles. The Bertz CT molecular complexity index is 714. The molecule has 2 heterocycles. The molecule has 2 aromatic rings. The van der Waals surface area contributed by atoms with Crippen LogP contribution >= 0.6 is 0 Å². The maximum atomic E-state index is 11.3. The molecule has 1 unspecified atom stereocenters. The van der Waals surface area contributed by atoms with Gasteiger partial charge in [-0.05, 0) is 58.1 Å². The number of fused-ring (bicyclic) bond motifs is 1. The summed E-state index contributed by atoms with van der Waals surface area (Å²) in [4.78, 5) is 15.5. The molecule has 0 fully saturated rings. The van der Waals surface area contributed by atoms with Gasteiger partial charge in [-0.1, -0.05) is 0 Å². The molecule has 1 aliphatic carbocycles. The number of hydrogen-bond acceptors (Lipinski definition) is 3. The van der Waals surface area contributed by atoms with Crippen LogP contribution in [0, 0.1) is 0 Å². The third kappa shape index (κ3) is 3.00. The largest absolute Gasteiger partial charge is 0.481 e. The van der Waals surface area contributed by atoms with E-state index in [1.54, 1.807) is 6.20 Å². The monoisotopic (exact) mass is 313 g/mol. The molecule has 0 amide bonds. The molecular formula is C18H23N3O2. The Labute approximate surface area is 136 Å². The van der Waals surface area contributed by atoms with Crippen molar-refractivity contribution in [2.75, 3.05) is 0 Å². The zero-order valence-electron chi connectivity index (χ0n) is 13.9. The number of carbonyl (C=O) groups is 1. The number of nitrogens with zero attached hydrogens (tertiary/aromatic N) is 3. The molecule has 5 nitrogen and oxygen atoms in total. The maximum Gasteiger partial charge on any atom is 0.303 e. The van der Waals surface area contributed by atoms with Gasteiger partial charge in [-0.15, -0.1) is 0 Å². The number of aromatic nitrogens is 3. The first kappa shape index (κ1) is 15.7. The van der Waals surface area contributed by atoms with E-state index in [1.807, 2.05) is 18.3 Å². The Morgan fingerprint density at radius 3 is 2.83 bits per heavy atom. The highest BCUT2D eigenvalue weighted by Gasteiger charge is 2.33. The lowest BCUT2D eigenvalue weighted by Crippen LogP contribution is -2.27. The van der Waals surface area contributed by atoms with Crippen molar-refractivity contribution in [3.05, 3.63) is 35.8 Å². The quantitative estimate of drug-likeness (QED) is 0.940. The molecule has 122 valence electrons. The van der Waals surface area contributed by atoms with Gasteiger partial charge in [0.1, 0.15) is 0 Å². The average Bonchev–Trinajstić information content (AvgIpc) is 2.88. The van der Waals surface area contributed by atoms with Crippen LogP contribution in [0.15, 0.2) is 24.5 Å². The second-order valence-corrected chi connectivity index (χ2v) is 7.22. The van der Waals surface area contributed by atoms with Crippen LogP contribution in [0.25, 0.3) is 11.3 Å². The number of pyridine rings is 1. The van der Waals surface area contributed by atoms with E-state index in [2.05, 4.69) is 30.4 Å². The second kappa shape index (κ2) is 5.80. The van der Waals surface area contributed by atoms with E-state index >= 15 is 0 Å². The molecule has 5 heteroatoms. The van der Waals surface area contributed by atoms with Gasteiger partial charge in [0.2, 0.25) is 0 Å². The predicted octanol–water partition coefficient (Wildman–Crippen LogP) is 3.59. The lowest BCUT2D eigenvalue weighted by molar-refractivity contribution is -0.137. The first-order valence-corrected chi connectivity index (χ1v) is 8.12. The van der Waals surface area contributed by atoms with Crippen LogP contribution in [0.2, 0.25) is 0 Å². The van der Waals surface area contributed by atoms with E-state index in [-0.39, 0.29) is 17.9 Å². The van der Waals surface area contributed by atoms with Crippen LogP contribution in [-0.2, 0) is 16.8 Å². The third-order valence-corrected chi connectivity index (χ3v) is 4.39. The molecule has 0 radical (unpaired) electrons. The molecule has 23 heavy (non-hydrogen) atoms. The van der Waals surface area contributed by atoms with Gasteiger partial charge in [0.25, 0.3) is 0 Å². The Morgan fingerprint density at radius 2 is 2.22 bits per heavy atom. The third-order valence-electron chi connectivity index (χ3n) is 4.39. The minimum Gasteiger partial charge on any atom is -0.481 e. The Balaban J connectivity index is 2.20. The van der Waals surface area contributed by atoms with Gasteiger partial charge in [0, 0.05) is 29.2 Å². The summed E-state index contributed by atoms with van der Waals surface area (Å²) < 4.78 is 2.08. The van der Waals surface area contributed by atoms with Crippen LogP contribution in [0.5, 0.6) is 0 Å². The molecule has 0 aliphatic heterocycles. The van der Waals surface area contributed by atoms with Crippen LogP contribution in [0.1, 0.15) is 57.2 Å². The second-order valence-electron chi connectivity index (χ2n) is 7.22. The Hall–Kier alpha value is -2.17. The fourth-order valence-corrected chi connectivity index (χ4v) is 3.48. The summed E-state index contributed by atoms with van der Waals surface area (Å²) in [5, 5.41) is 14.2. The van der Waals surface area contributed by atoms with Gasteiger partial charge >= 0.3 is 5.97 Å². The summed E-state index contributed by atoms with van der Waals surface area (Å²) in [7, 11) is 0. The van der Waals surface area contributed by atoms with E-state index in [0.717, 1.165) is 36.1 Å². The minimum atomic E-state index is -0.747. The average molecular weight is 313 g/mol. The molecule has 3 rings (SSSR count). The predicted molar refractivity (Wildman–Crippen MR) is 88.4 cm³/mol. The highest BCUT2D eigenvalue weighted by molar-refractivity contribution is 5.71.